The first-order chi connectivity index (χ1) is 7.71. The standard InChI is InChI=1S/C12H21F2NO2/c1-7-9(17-11(13)14)6-5-8(15-7)10(16)12(2,3)4/h7-9,11,15H,5-6H2,1-4H3. The number of carbonyl (C=O) groups excluding carboxylic acids is 1. The van der Waals surface area contributed by atoms with Crippen molar-refractivity contribution in [3.63, 3.8) is 0 Å². The highest BCUT2D eigenvalue weighted by molar-refractivity contribution is 5.88. The topological polar surface area (TPSA) is 38.3 Å². The van der Waals surface area contributed by atoms with Crippen LogP contribution in [0.2, 0.25) is 0 Å². The van der Waals surface area contributed by atoms with Crippen LogP contribution >= 0.6 is 0 Å². The lowest BCUT2D eigenvalue weighted by Gasteiger charge is -2.36. The zero-order valence-electron chi connectivity index (χ0n) is 10.8. The summed E-state index contributed by atoms with van der Waals surface area (Å²) in [5.74, 6) is 0.125. The van der Waals surface area contributed by atoms with Crippen LogP contribution in [-0.2, 0) is 9.53 Å². The van der Waals surface area contributed by atoms with Crippen molar-refractivity contribution in [2.45, 2.75) is 65.3 Å². The third kappa shape index (κ3) is 4.00. The number of rotatable bonds is 3. The fourth-order valence-corrected chi connectivity index (χ4v) is 2.14. The van der Waals surface area contributed by atoms with Crippen molar-refractivity contribution >= 4 is 5.78 Å². The lowest BCUT2D eigenvalue weighted by atomic mass is 9.82. The second kappa shape index (κ2) is 5.40. The molecule has 5 heteroatoms. The van der Waals surface area contributed by atoms with Gasteiger partial charge in [-0.25, -0.2) is 0 Å². The Hall–Kier alpha value is -0.550. The first kappa shape index (κ1) is 14.5. The summed E-state index contributed by atoms with van der Waals surface area (Å²) in [6, 6.07) is -0.475. The van der Waals surface area contributed by atoms with Crippen molar-refractivity contribution in [3.8, 4) is 0 Å². The minimum absolute atomic E-state index is 0.125. The maximum Gasteiger partial charge on any atom is 0.345 e. The third-order valence-corrected chi connectivity index (χ3v) is 3.09. The van der Waals surface area contributed by atoms with Crippen molar-refractivity contribution in [2.24, 2.45) is 5.41 Å². The van der Waals surface area contributed by atoms with Crippen molar-refractivity contribution in [2.75, 3.05) is 0 Å². The van der Waals surface area contributed by atoms with Gasteiger partial charge in [-0.2, -0.15) is 8.78 Å². The van der Waals surface area contributed by atoms with Crippen LogP contribution in [0.1, 0.15) is 40.5 Å². The summed E-state index contributed by atoms with van der Waals surface area (Å²) in [6.45, 7) is 4.62. The Bertz CT molecular complexity index is 276. The summed E-state index contributed by atoms with van der Waals surface area (Å²) in [5, 5.41) is 3.07. The van der Waals surface area contributed by atoms with E-state index in [4.69, 9.17) is 0 Å². The van der Waals surface area contributed by atoms with Gasteiger partial charge in [0, 0.05) is 11.5 Å². The van der Waals surface area contributed by atoms with Crippen LogP contribution in [0.25, 0.3) is 0 Å². The number of ketones is 1. The summed E-state index contributed by atoms with van der Waals surface area (Å²) in [4.78, 5) is 12.0. The van der Waals surface area contributed by atoms with Gasteiger partial charge in [0.2, 0.25) is 0 Å². The van der Waals surface area contributed by atoms with Crippen LogP contribution in [0.3, 0.4) is 0 Å². The second-order valence-electron chi connectivity index (χ2n) is 5.63. The van der Waals surface area contributed by atoms with Crippen molar-refractivity contribution < 1.29 is 18.3 Å². The molecule has 1 aliphatic heterocycles. The van der Waals surface area contributed by atoms with Gasteiger partial charge in [-0.1, -0.05) is 20.8 Å². The molecule has 1 rings (SSSR count). The van der Waals surface area contributed by atoms with Crippen molar-refractivity contribution in [3.05, 3.63) is 0 Å². The van der Waals surface area contributed by atoms with E-state index in [1.54, 1.807) is 6.92 Å². The van der Waals surface area contributed by atoms with E-state index in [-0.39, 0.29) is 17.9 Å². The Morgan fingerprint density at radius 2 is 1.94 bits per heavy atom. The molecule has 0 spiro atoms. The van der Waals surface area contributed by atoms with E-state index in [0.717, 1.165) is 0 Å². The number of carbonyl (C=O) groups is 1. The highest BCUT2D eigenvalue weighted by Crippen LogP contribution is 2.25. The summed E-state index contributed by atoms with van der Waals surface area (Å²) >= 11 is 0. The molecule has 17 heavy (non-hydrogen) atoms. The van der Waals surface area contributed by atoms with E-state index in [0.29, 0.717) is 12.8 Å². The van der Waals surface area contributed by atoms with Gasteiger partial charge in [0.1, 0.15) is 0 Å². The molecule has 0 aromatic rings. The minimum Gasteiger partial charge on any atom is -0.318 e. The van der Waals surface area contributed by atoms with E-state index < -0.39 is 18.1 Å². The predicted molar refractivity (Wildman–Crippen MR) is 61.0 cm³/mol. The maximum absolute atomic E-state index is 12.1. The molecular formula is C12H21F2NO2. The van der Waals surface area contributed by atoms with Crippen molar-refractivity contribution in [1.82, 2.24) is 5.32 Å². The molecule has 0 saturated carbocycles. The van der Waals surface area contributed by atoms with Crippen LogP contribution in [0.5, 0.6) is 0 Å². The molecule has 1 heterocycles. The number of halogens is 2. The first-order valence-corrected chi connectivity index (χ1v) is 5.96. The van der Waals surface area contributed by atoms with Crippen LogP contribution in [0.4, 0.5) is 8.78 Å². The fourth-order valence-electron chi connectivity index (χ4n) is 2.14. The van der Waals surface area contributed by atoms with Crippen LogP contribution in [0.15, 0.2) is 0 Å². The number of nitrogens with one attached hydrogen (secondary N) is 1. The summed E-state index contributed by atoms with van der Waals surface area (Å²) < 4.78 is 28.8. The SMILES string of the molecule is CC1NC(C(=O)C(C)(C)C)CCC1OC(F)F. The molecule has 0 bridgehead atoms. The summed E-state index contributed by atoms with van der Waals surface area (Å²) in [7, 11) is 0. The Balaban J connectivity index is 2.55. The zero-order valence-corrected chi connectivity index (χ0v) is 10.8. The number of hydrogen-bond acceptors (Lipinski definition) is 3. The van der Waals surface area contributed by atoms with Gasteiger partial charge in [0.25, 0.3) is 0 Å². The van der Waals surface area contributed by atoms with Gasteiger partial charge in [-0.3, -0.25) is 4.79 Å². The highest BCUT2D eigenvalue weighted by atomic mass is 19.3. The monoisotopic (exact) mass is 249 g/mol. The van der Waals surface area contributed by atoms with E-state index in [1.165, 1.54) is 0 Å². The minimum atomic E-state index is -2.75. The Morgan fingerprint density at radius 1 is 1.35 bits per heavy atom. The Morgan fingerprint density at radius 3 is 2.35 bits per heavy atom. The fraction of sp³-hybridized carbons (Fsp3) is 0.917. The normalized spacial score (nSPS) is 30.6. The predicted octanol–water partition coefficient (Wildman–Crippen LogP) is 2.35. The van der Waals surface area contributed by atoms with Crippen molar-refractivity contribution in [1.29, 1.82) is 0 Å². The number of ether oxygens (including phenoxy) is 1. The first-order valence-electron chi connectivity index (χ1n) is 5.96. The summed E-state index contributed by atoms with van der Waals surface area (Å²) in [6.07, 6.45) is 0.530. The Kier molecular flexibility index (Phi) is 4.61. The number of Topliss-reactive ketones (excluding diaryl/α,β-unsaturated/α-hetero) is 1. The molecule has 100 valence electrons. The van der Waals surface area contributed by atoms with Gasteiger partial charge < -0.3 is 10.1 Å². The van der Waals surface area contributed by atoms with Gasteiger partial charge in [0.15, 0.2) is 5.78 Å². The third-order valence-electron chi connectivity index (χ3n) is 3.09. The molecule has 0 radical (unpaired) electrons. The summed E-state index contributed by atoms with van der Waals surface area (Å²) in [5.41, 5.74) is -0.409. The quantitative estimate of drug-likeness (QED) is 0.834. The molecule has 0 aromatic heterocycles. The van der Waals surface area contributed by atoms with E-state index in [1.807, 2.05) is 20.8 Å². The molecule has 0 aromatic carbocycles. The Labute approximate surface area is 101 Å². The second-order valence-corrected chi connectivity index (χ2v) is 5.63. The molecule has 0 aliphatic carbocycles. The van der Waals surface area contributed by atoms with Crippen LogP contribution in [-0.4, -0.2) is 30.6 Å². The molecule has 1 fully saturated rings. The average molecular weight is 249 g/mol. The van der Waals surface area contributed by atoms with E-state index in [9.17, 15) is 13.6 Å². The molecular weight excluding hydrogens is 228 g/mol. The lowest BCUT2D eigenvalue weighted by molar-refractivity contribution is -0.177. The number of alkyl halides is 2. The molecule has 3 atom stereocenters. The smallest absolute Gasteiger partial charge is 0.318 e. The lowest BCUT2D eigenvalue weighted by Crippen LogP contribution is -2.55. The molecule has 1 N–H and O–H groups in total. The van der Waals surface area contributed by atoms with E-state index in [2.05, 4.69) is 10.1 Å². The number of hydrogen-bond donors (Lipinski definition) is 1. The van der Waals surface area contributed by atoms with Gasteiger partial charge in [-0.05, 0) is 19.8 Å². The average Bonchev–Trinajstić information content (AvgIpc) is 2.18. The van der Waals surface area contributed by atoms with E-state index >= 15 is 0 Å². The molecule has 3 unspecified atom stereocenters. The largest absolute Gasteiger partial charge is 0.345 e. The molecule has 1 aliphatic rings. The zero-order chi connectivity index (χ0) is 13.2. The number of piperidine rings is 1. The molecule has 0 amide bonds. The molecule has 1 saturated heterocycles. The van der Waals surface area contributed by atoms with Crippen LogP contribution < -0.4 is 5.32 Å². The molecule has 3 nitrogen and oxygen atoms in total. The highest BCUT2D eigenvalue weighted by Gasteiger charge is 2.36. The van der Waals surface area contributed by atoms with Crippen LogP contribution in [0, 0.1) is 5.41 Å². The van der Waals surface area contributed by atoms with Gasteiger partial charge in [-0.15, -0.1) is 0 Å². The van der Waals surface area contributed by atoms with Gasteiger partial charge >= 0.3 is 6.61 Å². The van der Waals surface area contributed by atoms with Gasteiger partial charge in [0.05, 0.1) is 12.1 Å². The maximum atomic E-state index is 12.1.